The lowest BCUT2D eigenvalue weighted by Gasteiger charge is -2.20. The minimum absolute atomic E-state index is 0.0441. The van der Waals surface area contributed by atoms with Gasteiger partial charge in [0.1, 0.15) is 0 Å². The zero-order valence-corrected chi connectivity index (χ0v) is 13.7. The molecule has 100 valence electrons. The fourth-order valence-electron chi connectivity index (χ4n) is 1.89. The van der Waals surface area contributed by atoms with Gasteiger partial charge in [0.2, 0.25) is 0 Å². The van der Waals surface area contributed by atoms with E-state index in [9.17, 15) is 5.11 Å². The van der Waals surface area contributed by atoms with E-state index in [-0.39, 0.29) is 12.6 Å². The van der Waals surface area contributed by atoms with Gasteiger partial charge in [-0.2, -0.15) is 0 Å². The molecule has 1 unspecified atom stereocenters. The highest BCUT2D eigenvalue weighted by Crippen LogP contribution is 2.28. The van der Waals surface area contributed by atoms with E-state index in [0.717, 1.165) is 25.8 Å². The number of hydrogen-bond donors (Lipinski definition) is 2. The van der Waals surface area contributed by atoms with Crippen LogP contribution in [0.15, 0.2) is 51.4 Å². The van der Waals surface area contributed by atoms with Gasteiger partial charge in [-0.15, -0.1) is 0 Å². The van der Waals surface area contributed by atoms with E-state index >= 15 is 0 Å². The standard InChI is InChI=1S/C15H15Br2NO/c1-10-4-2-3-5-14(10)18-15(9-19)11-6-7-12(16)13(17)8-11/h2-8,15,18-19H,9H2,1H3. The van der Waals surface area contributed by atoms with E-state index in [0.29, 0.717) is 0 Å². The molecule has 0 aliphatic rings. The Morgan fingerprint density at radius 1 is 1.11 bits per heavy atom. The maximum atomic E-state index is 9.60. The van der Waals surface area contributed by atoms with Crippen molar-refractivity contribution in [1.29, 1.82) is 0 Å². The van der Waals surface area contributed by atoms with Crippen LogP contribution >= 0.6 is 31.9 Å². The third kappa shape index (κ3) is 3.59. The summed E-state index contributed by atoms with van der Waals surface area (Å²) in [5, 5.41) is 13.0. The first-order valence-electron chi connectivity index (χ1n) is 6.00. The van der Waals surface area contributed by atoms with Crippen molar-refractivity contribution in [2.75, 3.05) is 11.9 Å². The fraction of sp³-hybridized carbons (Fsp3) is 0.200. The number of benzene rings is 2. The van der Waals surface area contributed by atoms with Gasteiger partial charge in [-0.05, 0) is 68.1 Å². The van der Waals surface area contributed by atoms with Crippen LogP contribution < -0.4 is 5.32 Å². The number of halogens is 2. The van der Waals surface area contributed by atoms with Crippen LogP contribution in [0.4, 0.5) is 5.69 Å². The molecule has 2 N–H and O–H groups in total. The first-order chi connectivity index (χ1) is 9.11. The Labute approximate surface area is 130 Å². The Hall–Kier alpha value is -0.840. The van der Waals surface area contributed by atoms with E-state index in [4.69, 9.17) is 0 Å². The molecule has 0 aliphatic heterocycles. The summed E-state index contributed by atoms with van der Waals surface area (Å²) < 4.78 is 1.99. The van der Waals surface area contributed by atoms with Gasteiger partial charge in [0.05, 0.1) is 12.6 Å². The Kier molecular flexibility index (Phi) is 5.02. The largest absolute Gasteiger partial charge is 0.394 e. The second-order valence-electron chi connectivity index (χ2n) is 4.37. The monoisotopic (exact) mass is 383 g/mol. The molecule has 0 radical (unpaired) electrons. The number of aliphatic hydroxyl groups is 1. The summed E-state index contributed by atoms with van der Waals surface area (Å²) in [6.07, 6.45) is 0. The van der Waals surface area contributed by atoms with Crippen molar-refractivity contribution in [3.05, 3.63) is 62.5 Å². The molecule has 0 heterocycles. The van der Waals surface area contributed by atoms with E-state index in [1.54, 1.807) is 0 Å². The summed E-state index contributed by atoms with van der Waals surface area (Å²) in [6.45, 7) is 2.09. The summed E-state index contributed by atoms with van der Waals surface area (Å²) in [5.74, 6) is 0. The molecule has 0 aromatic heterocycles. The predicted molar refractivity (Wildman–Crippen MR) is 86.5 cm³/mol. The normalized spacial score (nSPS) is 12.2. The van der Waals surface area contributed by atoms with E-state index in [1.165, 1.54) is 0 Å². The van der Waals surface area contributed by atoms with Gasteiger partial charge in [0, 0.05) is 14.6 Å². The molecule has 2 nitrogen and oxygen atoms in total. The van der Waals surface area contributed by atoms with Gasteiger partial charge in [0.25, 0.3) is 0 Å². The van der Waals surface area contributed by atoms with E-state index < -0.39 is 0 Å². The number of aliphatic hydroxyl groups excluding tert-OH is 1. The zero-order chi connectivity index (χ0) is 13.8. The summed E-state index contributed by atoms with van der Waals surface area (Å²) >= 11 is 6.94. The maximum absolute atomic E-state index is 9.60. The van der Waals surface area contributed by atoms with Gasteiger partial charge in [-0.1, -0.05) is 24.3 Å². The lowest BCUT2D eigenvalue weighted by molar-refractivity contribution is 0.276. The van der Waals surface area contributed by atoms with Crippen molar-refractivity contribution in [2.24, 2.45) is 0 Å². The number of para-hydroxylation sites is 1. The Morgan fingerprint density at radius 2 is 1.84 bits per heavy atom. The summed E-state index contributed by atoms with van der Waals surface area (Å²) in [4.78, 5) is 0. The summed E-state index contributed by atoms with van der Waals surface area (Å²) in [7, 11) is 0. The third-order valence-electron chi connectivity index (χ3n) is 3.00. The molecule has 0 amide bonds. The minimum Gasteiger partial charge on any atom is -0.394 e. The number of hydrogen-bond acceptors (Lipinski definition) is 2. The first kappa shape index (κ1) is 14.6. The van der Waals surface area contributed by atoms with Crippen molar-refractivity contribution < 1.29 is 5.11 Å². The lowest BCUT2D eigenvalue weighted by Crippen LogP contribution is -2.15. The number of anilines is 1. The van der Waals surface area contributed by atoms with Gasteiger partial charge in [-0.3, -0.25) is 0 Å². The molecule has 0 fully saturated rings. The molecule has 2 rings (SSSR count). The average Bonchev–Trinajstić information content (AvgIpc) is 2.41. The Balaban J connectivity index is 2.25. The molecule has 1 atom stereocenters. The van der Waals surface area contributed by atoms with Crippen molar-refractivity contribution in [2.45, 2.75) is 13.0 Å². The molecule has 0 saturated heterocycles. The van der Waals surface area contributed by atoms with Gasteiger partial charge in [0.15, 0.2) is 0 Å². The first-order valence-corrected chi connectivity index (χ1v) is 7.58. The molecule has 0 spiro atoms. The molecule has 0 bridgehead atoms. The molecule has 2 aromatic carbocycles. The topological polar surface area (TPSA) is 32.3 Å². The third-order valence-corrected chi connectivity index (χ3v) is 4.88. The van der Waals surface area contributed by atoms with Gasteiger partial charge >= 0.3 is 0 Å². The van der Waals surface area contributed by atoms with Crippen LogP contribution in [-0.4, -0.2) is 11.7 Å². The Bertz CT molecular complexity index is 572. The minimum atomic E-state index is -0.120. The van der Waals surface area contributed by atoms with Crippen LogP contribution in [0.25, 0.3) is 0 Å². The maximum Gasteiger partial charge on any atom is 0.0745 e. The molecule has 0 aliphatic carbocycles. The van der Waals surface area contributed by atoms with Crippen LogP contribution in [0.1, 0.15) is 17.2 Å². The highest BCUT2D eigenvalue weighted by Gasteiger charge is 2.12. The molecular weight excluding hydrogens is 370 g/mol. The zero-order valence-electron chi connectivity index (χ0n) is 10.5. The number of nitrogens with one attached hydrogen (secondary N) is 1. The van der Waals surface area contributed by atoms with Crippen molar-refractivity contribution in [3.63, 3.8) is 0 Å². The molecule has 2 aromatic rings. The summed E-state index contributed by atoms with van der Waals surface area (Å²) in [5.41, 5.74) is 3.25. The lowest BCUT2D eigenvalue weighted by atomic mass is 10.1. The second-order valence-corrected chi connectivity index (χ2v) is 6.08. The smallest absolute Gasteiger partial charge is 0.0745 e. The number of aryl methyl sites for hydroxylation is 1. The molecule has 19 heavy (non-hydrogen) atoms. The summed E-state index contributed by atoms with van der Waals surface area (Å²) in [6, 6.07) is 13.9. The predicted octanol–water partition coefficient (Wildman–Crippen LogP) is 4.67. The van der Waals surface area contributed by atoms with Crippen LogP contribution in [-0.2, 0) is 0 Å². The van der Waals surface area contributed by atoms with Crippen molar-refractivity contribution in [1.82, 2.24) is 0 Å². The Morgan fingerprint density at radius 3 is 2.47 bits per heavy atom. The number of rotatable bonds is 4. The SMILES string of the molecule is Cc1ccccc1NC(CO)c1ccc(Br)c(Br)c1. The molecule has 4 heteroatoms. The quantitative estimate of drug-likeness (QED) is 0.802. The van der Waals surface area contributed by atoms with Crippen molar-refractivity contribution >= 4 is 37.5 Å². The molecular formula is C15H15Br2NO. The van der Waals surface area contributed by atoms with Crippen LogP contribution in [0.5, 0.6) is 0 Å². The van der Waals surface area contributed by atoms with E-state index in [1.807, 2.05) is 49.4 Å². The van der Waals surface area contributed by atoms with Crippen molar-refractivity contribution in [3.8, 4) is 0 Å². The highest BCUT2D eigenvalue weighted by atomic mass is 79.9. The van der Waals surface area contributed by atoms with E-state index in [2.05, 4.69) is 37.2 Å². The highest BCUT2D eigenvalue weighted by molar-refractivity contribution is 9.13. The van der Waals surface area contributed by atoms with Crippen LogP contribution in [0.2, 0.25) is 0 Å². The fourth-order valence-corrected chi connectivity index (χ4v) is 2.53. The second kappa shape index (κ2) is 6.55. The van der Waals surface area contributed by atoms with Gasteiger partial charge < -0.3 is 10.4 Å². The van der Waals surface area contributed by atoms with Gasteiger partial charge in [-0.25, -0.2) is 0 Å². The van der Waals surface area contributed by atoms with Crippen LogP contribution in [0.3, 0.4) is 0 Å². The molecule has 0 saturated carbocycles. The average molecular weight is 385 g/mol. The van der Waals surface area contributed by atoms with Crippen LogP contribution in [0, 0.1) is 6.92 Å².